The minimum Gasteiger partial charge on any atom is -0.494 e. The van der Waals surface area contributed by atoms with E-state index in [0.29, 0.717) is 12.1 Å². The third kappa shape index (κ3) is 5.40. The molecule has 1 N–H and O–H groups in total. The molecular weight excluding hydrogens is 277 g/mol. The first-order chi connectivity index (χ1) is 10.8. The van der Waals surface area contributed by atoms with Crippen molar-refractivity contribution in [2.45, 2.75) is 39.2 Å². The lowest BCUT2D eigenvalue weighted by molar-refractivity contribution is 0.305. The summed E-state index contributed by atoms with van der Waals surface area (Å²) in [4.78, 5) is 0. The second-order valence-corrected chi connectivity index (χ2v) is 5.38. The highest BCUT2D eigenvalue weighted by Gasteiger charge is 2.01. The monoisotopic (exact) mass is 301 g/mol. The quantitative estimate of drug-likeness (QED) is 0.626. The van der Waals surface area contributed by atoms with E-state index in [-0.39, 0.29) is 5.82 Å². The van der Waals surface area contributed by atoms with Gasteiger partial charge in [0, 0.05) is 23.9 Å². The third-order valence-electron chi connectivity index (χ3n) is 3.54. The molecule has 0 spiro atoms. The van der Waals surface area contributed by atoms with Crippen LogP contribution in [0.1, 0.15) is 38.2 Å². The van der Waals surface area contributed by atoms with Crippen LogP contribution in [0.2, 0.25) is 0 Å². The lowest BCUT2D eigenvalue weighted by Gasteiger charge is -2.10. The second-order valence-electron chi connectivity index (χ2n) is 5.38. The van der Waals surface area contributed by atoms with Gasteiger partial charge in [-0.3, -0.25) is 0 Å². The summed E-state index contributed by atoms with van der Waals surface area (Å²) < 4.78 is 19.3. The maximum atomic E-state index is 13.6. The van der Waals surface area contributed by atoms with Gasteiger partial charge in [0.05, 0.1) is 6.61 Å². The Balaban J connectivity index is 1.82. The number of unbranched alkanes of at least 4 members (excludes halogenated alkanes) is 3. The molecular formula is C19H24FNO. The van der Waals surface area contributed by atoms with E-state index in [1.54, 1.807) is 12.1 Å². The minimum absolute atomic E-state index is 0.182. The normalized spacial score (nSPS) is 10.5. The summed E-state index contributed by atoms with van der Waals surface area (Å²) in [5.41, 5.74) is 1.60. The molecule has 2 aromatic rings. The van der Waals surface area contributed by atoms with Crippen LogP contribution in [0.4, 0.5) is 10.1 Å². The molecule has 2 nitrogen and oxygen atoms in total. The fourth-order valence-corrected chi connectivity index (χ4v) is 2.25. The van der Waals surface area contributed by atoms with Crippen molar-refractivity contribution in [1.29, 1.82) is 0 Å². The highest BCUT2D eigenvalue weighted by Crippen LogP contribution is 2.19. The molecule has 22 heavy (non-hydrogen) atoms. The van der Waals surface area contributed by atoms with Crippen molar-refractivity contribution < 1.29 is 9.13 Å². The summed E-state index contributed by atoms with van der Waals surface area (Å²) in [5.74, 6) is 0.674. The number of anilines is 1. The molecule has 0 aliphatic carbocycles. The van der Waals surface area contributed by atoms with Crippen LogP contribution in [0.5, 0.6) is 5.75 Å². The lowest BCUT2D eigenvalue weighted by Crippen LogP contribution is -2.02. The molecule has 0 radical (unpaired) electrons. The van der Waals surface area contributed by atoms with Gasteiger partial charge in [-0.05, 0) is 24.6 Å². The highest BCUT2D eigenvalue weighted by molar-refractivity contribution is 5.48. The number of nitrogens with one attached hydrogen (secondary N) is 1. The van der Waals surface area contributed by atoms with Crippen molar-refractivity contribution in [3.05, 3.63) is 59.9 Å². The van der Waals surface area contributed by atoms with Crippen LogP contribution in [0.3, 0.4) is 0 Å². The largest absolute Gasteiger partial charge is 0.494 e. The number of rotatable bonds is 9. The van der Waals surface area contributed by atoms with Crippen molar-refractivity contribution in [3.8, 4) is 5.75 Å². The third-order valence-corrected chi connectivity index (χ3v) is 3.54. The Morgan fingerprint density at radius 1 is 1.00 bits per heavy atom. The Kier molecular flexibility index (Phi) is 6.75. The van der Waals surface area contributed by atoms with Crippen LogP contribution >= 0.6 is 0 Å². The van der Waals surface area contributed by atoms with Gasteiger partial charge >= 0.3 is 0 Å². The van der Waals surface area contributed by atoms with Gasteiger partial charge in [-0.1, -0.05) is 50.5 Å². The Morgan fingerprint density at radius 3 is 2.68 bits per heavy atom. The fraction of sp³-hybridized carbons (Fsp3) is 0.368. The molecule has 0 aromatic heterocycles. The molecule has 0 aliphatic heterocycles. The van der Waals surface area contributed by atoms with Gasteiger partial charge in [0.1, 0.15) is 11.6 Å². The molecule has 3 heteroatoms. The Morgan fingerprint density at radius 2 is 1.86 bits per heavy atom. The van der Waals surface area contributed by atoms with E-state index in [9.17, 15) is 4.39 Å². The highest BCUT2D eigenvalue weighted by atomic mass is 19.1. The topological polar surface area (TPSA) is 21.3 Å². The SMILES string of the molecule is CCCCCCOc1cccc(NCc2ccccc2F)c1. The molecule has 2 aromatic carbocycles. The van der Waals surface area contributed by atoms with E-state index in [1.807, 2.05) is 30.3 Å². The summed E-state index contributed by atoms with van der Waals surface area (Å²) in [6, 6.07) is 14.6. The fourth-order valence-electron chi connectivity index (χ4n) is 2.25. The van der Waals surface area contributed by atoms with Gasteiger partial charge in [0.25, 0.3) is 0 Å². The van der Waals surface area contributed by atoms with Crippen LogP contribution in [0.15, 0.2) is 48.5 Å². The first kappa shape index (κ1) is 16.3. The molecule has 0 heterocycles. The number of hydrogen-bond donors (Lipinski definition) is 1. The van der Waals surface area contributed by atoms with Gasteiger partial charge in [-0.2, -0.15) is 0 Å². The molecule has 0 unspecified atom stereocenters. The zero-order valence-corrected chi connectivity index (χ0v) is 13.1. The van der Waals surface area contributed by atoms with Crippen molar-refractivity contribution in [1.82, 2.24) is 0 Å². The summed E-state index contributed by atoms with van der Waals surface area (Å²) in [5, 5.41) is 3.23. The maximum Gasteiger partial charge on any atom is 0.128 e. The van der Waals surface area contributed by atoms with Gasteiger partial charge < -0.3 is 10.1 Å². The summed E-state index contributed by atoms with van der Waals surface area (Å²) >= 11 is 0. The van der Waals surface area contributed by atoms with Crippen LogP contribution < -0.4 is 10.1 Å². The Hall–Kier alpha value is -2.03. The molecule has 0 saturated carbocycles. The van der Waals surface area contributed by atoms with E-state index in [2.05, 4.69) is 12.2 Å². The summed E-state index contributed by atoms with van der Waals surface area (Å²) in [6.45, 7) is 3.41. The minimum atomic E-state index is -0.182. The molecule has 0 bridgehead atoms. The zero-order chi connectivity index (χ0) is 15.6. The standard InChI is InChI=1S/C19H24FNO/c1-2-3-4-7-13-22-18-11-8-10-17(14-18)21-15-16-9-5-6-12-19(16)20/h5-6,8-12,14,21H,2-4,7,13,15H2,1H3. The predicted molar refractivity (Wildman–Crippen MR) is 89.8 cm³/mol. The zero-order valence-electron chi connectivity index (χ0n) is 13.1. The molecule has 118 valence electrons. The first-order valence-electron chi connectivity index (χ1n) is 7.99. The predicted octanol–water partition coefficient (Wildman–Crippen LogP) is 5.40. The van der Waals surface area contributed by atoms with Crippen molar-refractivity contribution in [3.63, 3.8) is 0 Å². The summed E-state index contributed by atoms with van der Waals surface area (Å²) in [6.07, 6.45) is 4.78. The number of benzene rings is 2. The van der Waals surface area contributed by atoms with E-state index >= 15 is 0 Å². The van der Waals surface area contributed by atoms with E-state index in [0.717, 1.165) is 24.5 Å². The molecule has 0 saturated heterocycles. The van der Waals surface area contributed by atoms with Crippen molar-refractivity contribution in [2.75, 3.05) is 11.9 Å². The molecule has 2 rings (SSSR count). The number of halogens is 1. The summed E-state index contributed by atoms with van der Waals surface area (Å²) in [7, 11) is 0. The van der Waals surface area contributed by atoms with Gasteiger partial charge in [-0.15, -0.1) is 0 Å². The first-order valence-corrected chi connectivity index (χ1v) is 7.99. The Bertz CT molecular complexity index is 571. The second kappa shape index (κ2) is 9.08. The maximum absolute atomic E-state index is 13.6. The van der Waals surface area contributed by atoms with E-state index in [4.69, 9.17) is 4.74 Å². The van der Waals surface area contributed by atoms with Crippen LogP contribution in [-0.2, 0) is 6.54 Å². The van der Waals surface area contributed by atoms with Gasteiger partial charge in [-0.25, -0.2) is 4.39 Å². The smallest absolute Gasteiger partial charge is 0.128 e. The molecule has 0 amide bonds. The molecule has 0 aliphatic rings. The van der Waals surface area contributed by atoms with Crippen molar-refractivity contribution in [2.24, 2.45) is 0 Å². The van der Waals surface area contributed by atoms with Gasteiger partial charge in [0.15, 0.2) is 0 Å². The number of ether oxygens (including phenoxy) is 1. The van der Waals surface area contributed by atoms with Crippen LogP contribution in [0, 0.1) is 5.82 Å². The molecule has 0 fully saturated rings. The van der Waals surface area contributed by atoms with Gasteiger partial charge in [0.2, 0.25) is 0 Å². The number of hydrogen-bond acceptors (Lipinski definition) is 2. The van der Waals surface area contributed by atoms with Crippen LogP contribution in [-0.4, -0.2) is 6.61 Å². The van der Waals surface area contributed by atoms with E-state index < -0.39 is 0 Å². The Labute approximate surface area is 132 Å². The van der Waals surface area contributed by atoms with Crippen LogP contribution in [0.25, 0.3) is 0 Å². The van der Waals surface area contributed by atoms with Crippen molar-refractivity contribution >= 4 is 5.69 Å². The molecule has 0 atom stereocenters. The average molecular weight is 301 g/mol. The average Bonchev–Trinajstić information content (AvgIpc) is 2.54. The lowest BCUT2D eigenvalue weighted by atomic mass is 10.2. The van der Waals surface area contributed by atoms with E-state index in [1.165, 1.54) is 25.3 Å².